The monoisotopic (exact) mass is 260 g/mol. The quantitative estimate of drug-likeness (QED) is 0.724. The normalized spacial score (nSPS) is 14.4. The molecule has 0 amide bonds. The van der Waals surface area contributed by atoms with Gasteiger partial charge in [0.15, 0.2) is 0 Å². The molecule has 0 aliphatic heterocycles. The van der Waals surface area contributed by atoms with E-state index in [1.807, 2.05) is 18.2 Å². The minimum absolute atomic E-state index is 0.217. The van der Waals surface area contributed by atoms with E-state index in [9.17, 15) is 0 Å². The molecular weight excluding hydrogens is 240 g/mol. The van der Waals surface area contributed by atoms with Gasteiger partial charge in [0.2, 0.25) is 0 Å². The number of para-hydroxylation sites is 1. The Balaban J connectivity index is 1.72. The molecule has 0 atom stereocenters. The van der Waals surface area contributed by atoms with Gasteiger partial charge in [-0.3, -0.25) is 4.90 Å². The summed E-state index contributed by atoms with van der Waals surface area (Å²) in [6.07, 6.45) is 3.41. The molecule has 1 aliphatic rings. The highest BCUT2D eigenvalue weighted by Crippen LogP contribution is 2.26. The van der Waals surface area contributed by atoms with Crippen LogP contribution in [0.4, 0.5) is 0 Å². The Morgan fingerprint density at radius 3 is 2.79 bits per heavy atom. The Hall–Kier alpha value is -1.57. The van der Waals surface area contributed by atoms with Crippen LogP contribution in [0.2, 0.25) is 0 Å². The Bertz CT molecular complexity index is 438. The van der Waals surface area contributed by atoms with Crippen molar-refractivity contribution in [3.8, 4) is 11.8 Å². The molecule has 1 fully saturated rings. The van der Waals surface area contributed by atoms with E-state index in [0.29, 0.717) is 24.0 Å². The fourth-order valence-electron chi connectivity index (χ4n) is 2.18. The fourth-order valence-corrected chi connectivity index (χ4v) is 2.18. The maximum Gasteiger partial charge on any atom is 0.137 e. The molecule has 0 bridgehead atoms. The summed E-state index contributed by atoms with van der Waals surface area (Å²) in [5, 5.41) is 18.0. The number of nitriles is 1. The summed E-state index contributed by atoms with van der Waals surface area (Å²) >= 11 is 0. The number of ether oxygens (including phenoxy) is 1. The molecule has 0 heterocycles. The van der Waals surface area contributed by atoms with E-state index < -0.39 is 0 Å². The van der Waals surface area contributed by atoms with E-state index in [2.05, 4.69) is 11.0 Å². The van der Waals surface area contributed by atoms with Crippen LogP contribution in [0.25, 0.3) is 0 Å². The molecule has 1 aromatic rings. The first kappa shape index (κ1) is 13.9. The van der Waals surface area contributed by atoms with Crippen LogP contribution < -0.4 is 4.74 Å². The van der Waals surface area contributed by atoms with Gasteiger partial charge in [-0.1, -0.05) is 12.1 Å². The van der Waals surface area contributed by atoms with Gasteiger partial charge in [-0.2, -0.15) is 5.26 Å². The number of rotatable bonds is 8. The highest BCUT2D eigenvalue weighted by molar-refractivity contribution is 5.42. The molecule has 4 heteroatoms. The van der Waals surface area contributed by atoms with Crippen molar-refractivity contribution in [2.75, 3.05) is 26.3 Å². The van der Waals surface area contributed by atoms with Crippen molar-refractivity contribution in [3.05, 3.63) is 29.8 Å². The lowest BCUT2D eigenvalue weighted by atomic mass is 10.2. The predicted octanol–water partition coefficient (Wildman–Crippen LogP) is 1.78. The largest absolute Gasteiger partial charge is 0.492 e. The SMILES string of the molecule is N#Cc1ccccc1OCCCN(CCO)C1CC1. The summed E-state index contributed by atoms with van der Waals surface area (Å²) in [7, 11) is 0. The van der Waals surface area contributed by atoms with Crippen LogP contribution in [-0.2, 0) is 0 Å². The van der Waals surface area contributed by atoms with E-state index in [4.69, 9.17) is 15.1 Å². The average molecular weight is 260 g/mol. The van der Waals surface area contributed by atoms with Crippen molar-refractivity contribution in [1.29, 1.82) is 5.26 Å². The van der Waals surface area contributed by atoms with Crippen LogP contribution in [-0.4, -0.2) is 42.4 Å². The van der Waals surface area contributed by atoms with Crippen LogP contribution in [0, 0.1) is 11.3 Å². The molecule has 0 saturated heterocycles. The molecule has 0 unspecified atom stereocenters. The molecule has 1 aliphatic carbocycles. The van der Waals surface area contributed by atoms with E-state index >= 15 is 0 Å². The molecule has 0 radical (unpaired) electrons. The standard InChI is InChI=1S/C15H20N2O2/c16-12-13-4-1-2-5-15(13)19-11-3-8-17(9-10-18)14-6-7-14/h1-2,4-5,14,18H,3,6-11H2. The second-order valence-corrected chi connectivity index (χ2v) is 4.80. The van der Waals surface area contributed by atoms with Crippen molar-refractivity contribution < 1.29 is 9.84 Å². The van der Waals surface area contributed by atoms with Crippen molar-refractivity contribution in [2.45, 2.75) is 25.3 Å². The zero-order chi connectivity index (χ0) is 13.5. The number of hydrogen-bond donors (Lipinski definition) is 1. The van der Waals surface area contributed by atoms with Gasteiger partial charge in [-0.25, -0.2) is 0 Å². The third kappa shape index (κ3) is 4.23. The molecule has 102 valence electrons. The molecule has 4 nitrogen and oxygen atoms in total. The number of hydrogen-bond acceptors (Lipinski definition) is 4. The molecule has 1 N–H and O–H groups in total. The minimum Gasteiger partial charge on any atom is -0.492 e. The van der Waals surface area contributed by atoms with Gasteiger partial charge in [0.05, 0.1) is 18.8 Å². The fraction of sp³-hybridized carbons (Fsp3) is 0.533. The van der Waals surface area contributed by atoms with Crippen molar-refractivity contribution in [2.24, 2.45) is 0 Å². The van der Waals surface area contributed by atoms with E-state index in [-0.39, 0.29) is 6.61 Å². The van der Waals surface area contributed by atoms with Crippen molar-refractivity contribution in [3.63, 3.8) is 0 Å². The summed E-state index contributed by atoms with van der Waals surface area (Å²) in [5.41, 5.74) is 0.580. The lowest BCUT2D eigenvalue weighted by molar-refractivity contribution is 0.177. The van der Waals surface area contributed by atoms with E-state index in [1.54, 1.807) is 6.07 Å². The Labute approximate surface area is 114 Å². The second-order valence-electron chi connectivity index (χ2n) is 4.80. The number of aliphatic hydroxyl groups excluding tert-OH is 1. The molecule has 1 aromatic carbocycles. The highest BCUT2D eigenvalue weighted by Gasteiger charge is 2.27. The van der Waals surface area contributed by atoms with Crippen LogP contribution in [0.15, 0.2) is 24.3 Å². The van der Waals surface area contributed by atoms with Gasteiger partial charge < -0.3 is 9.84 Å². The molecular formula is C15H20N2O2. The smallest absolute Gasteiger partial charge is 0.137 e. The third-order valence-electron chi connectivity index (χ3n) is 3.31. The summed E-state index contributed by atoms with van der Waals surface area (Å²) in [6.45, 7) is 2.52. The predicted molar refractivity (Wildman–Crippen MR) is 72.9 cm³/mol. The Morgan fingerprint density at radius 2 is 2.11 bits per heavy atom. The van der Waals surface area contributed by atoms with Gasteiger partial charge >= 0.3 is 0 Å². The first-order chi connectivity index (χ1) is 9.35. The third-order valence-corrected chi connectivity index (χ3v) is 3.31. The zero-order valence-corrected chi connectivity index (χ0v) is 11.1. The maximum absolute atomic E-state index is 9.01. The minimum atomic E-state index is 0.217. The van der Waals surface area contributed by atoms with Gasteiger partial charge in [-0.15, -0.1) is 0 Å². The molecule has 0 spiro atoms. The van der Waals surface area contributed by atoms with E-state index in [0.717, 1.165) is 19.5 Å². The maximum atomic E-state index is 9.01. The summed E-state index contributed by atoms with van der Waals surface area (Å²) in [4.78, 5) is 2.32. The number of nitrogens with zero attached hydrogens (tertiary/aromatic N) is 2. The molecule has 2 rings (SSSR count). The van der Waals surface area contributed by atoms with Crippen LogP contribution >= 0.6 is 0 Å². The first-order valence-corrected chi connectivity index (χ1v) is 6.82. The second kappa shape index (κ2) is 7.13. The zero-order valence-electron chi connectivity index (χ0n) is 11.1. The number of benzene rings is 1. The van der Waals surface area contributed by atoms with E-state index in [1.165, 1.54) is 12.8 Å². The van der Waals surface area contributed by atoms with Crippen molar-refractivity contribution >= 4 is 0 Å². The van der Waals surface area contributed by atoms with Gasteiger partial charge in [0, 0.05) is 19.1 Å². The van der Waals surface area contributed by atoms with Gasteiger partial charge in [0.1, 0.15) is 11.8 Å². The van der Waals surface area contributed by atoms with Crippen LogP contribution in [0.5, 0.6) is 5.75 Å². The summed E-state index contributed by atoms with van der Waals surface area (Å²) in [6, 6.07) is 10.1. The lowest BCUT2D eigenvalue weighted by Gasteiger charge is -2.20. The molecule has 1 saturated carbocycles. The van der Waals surface area contributed by atoms with Crippen LogP contribution in [0.3, 0.4) is 0 Å². The summed E-state index contributed by atoms with van der Waals surface area (Å²) < 4.78 is 5.65. The lowest BCUT2D eigenvalue weighted by Crippen LogP contribution is -2.31. The molecule has 19 heavy (non-hydrogen) atoms. The first-order valence-electron chi connectivity index (χ1n) is 6.82. The van der Waals surface area contributed by atoms with Crippen LogP contribution in [0.1, 0.15) is 24.8 Å². The Morgan fingerprint density at radius 1 is 1.32 bits per heavy atom. The topological polar surface area (TPSA) is 56.5 Å². The van der Waals surface area contributed by atoms with Gasteiger partial charge in [-0.05, 0) is 31.4 Å². The summed E-state index contributed by atoms with van der Waals surface area (Å²) in [5.74, 6) is 0.658. The average Bonchev–Trinajstić information content (AvgIpc) is 3.27. The number of aliphatic hydroxyl groups is 1. The van der Waals surface area contributed by atoms with Gasteiger partial charge in [0.25, 0.3) is 0 Å². The highest BCUT2D eigenvalue weighted by atomic mass is 16.5. The molecule has 0 aromatic heterocycles. The van der Waals surface area contributed by atoms with Crippen molar-refractivity contribution in [1.82, 2.24) is 4.90 Å². The Kier molecular flexibility index (Phi) is 5.20.